The SMILES string of the molecule is CCCCn1c(CO)cc(=O)c(O)c1CN(C)C. The van der Waals surface area contributed by atoms with Crippen LogP contribution < -0.4 is 5.43 Å². The molecule has 0 aromatic carbocycles. The highest BCUT2D eigenvalue weighted by molar-refractivity contribution is 5.30. The third-order valence-electron chi connectivity index (χ3n) is 2.84. The molecule has 1 aromatic rings. The molecule has 0 bridgehead atoms. The van der Waals surface area contributed by atoms with Crippen molar-refractivity contribution in [1.82, 2.24) is 9.47 Å². The van der Waals surface area contributed by atoms with Gasteiger partial charge in [0.15, 0.2) is 5.75 Å². The maximum Gasteiger partial charge on any atom is 0.223 e. The molecule has 0 spiro atoms. The van der Waals surface area contributed by atoms with E-state index < -0.39 is 5.43 Å². The van der Waals surface area contributed by atoms with Crippen molar-refractivity contribution in [3.05, 3.63) is 27.7 Å². The second kappa shape index (κ2) is 6.56. The van der Waals surface area contributed by atoms with Crippen LogP contribution in [0.1, 0.15) is 31.2 Å². The van der Waals surface area contributed by atoms with Crippen molar-refractivity contribution in [2.45, 2.75) is 39.5 Å². The number of hydrogen-bond acceptors (Lipinski definition) is 4. The molecule has 1 rings (SSSR count). The van der Waals surface area contributed by atoms with Gasteiger partial charge in [-0.1, -0.05) is 13.3 Å². The number of rotatable bonds is 6. The van der Waals surface area contributed by atoms with Crippen LogP contribution in [0.4, 0.5) is 0 Å². The molecule has 5 heteroatoms. The van der Waals surface area contributed by atoms with Crippen LogP contribution in [0.3, 0.4) is 0 Å². The topological polar surface area (TPSA) is 65.7 Å². The normalized spacial score (nSPS) is 11.2. The lowest BCUT2D eigenvalue weighted by atomic mass is 10.2. The molecule has 0 saturated heterocycles. The first-order valence-electron chi connectivity index (χ1n) is 6.21. The number of hydrogen-bond donors (Lipinski definition) is 2. The molecule has 0 aliphatic heterocycles. The average Bonchev–Trinajstić information content (AvgIpc) is 2.33. The summed E-state index contributed by atoms with van der Waals surface area (Å²) in [5.74, 6) is -0.211. The number of aromatic hydroxyl groups is 1. The van der Waals surface area contributed by atoms with E-state index in [1.165, 1.54) is 6.07 Å². The smallest absolute Gasteiger partial charge is 0.223 e. The standard InChI is InChI=1S/C13H22N2O3/c1-4-5-6-15-10(9-16)7-12(17)13(18)11(15)8-14(2)3/h7,16,18H,4-6,8-9H2,1-3H3. The Labute approximate surface area is 107 Å². The van der Waals surface area contributed by atoms with Gasteiger partial charge in [0.25, 0.3) is 0 Å². The van der Waals surface area contributed by atoms with Crippen molar-refractivity contribution in [1.29, 1.82) is 0 Å². The molecule has 102 valence electrons. The van der Waals surface area contributed by atoms with Crippen LogP contribution in [0.25, 0.3) is 0 Å². The van der Waals surface area contributed by atoms with E-state index in [9.17, 15) is 15.0 Å². The van der Waals surface area contributed by atoms with Crippen LogP contribution >= 0.6 is 0 Å². The molecule has 0 atom stereocenters. The summed E-state index contributed by atoms with van der Waals surface area (Å²) < 4.78 is 1.85. The van der Waals surface area contributed by atoms with E-state index in [4.69, 9.17) is 0 Å². The molecule has 1 heterocycles. The number of unbranched alkanes of at least 4 members (excludes halogenated alkanes) is 1. The number of nitrogens with zero attached hydrogens (tertiary/aromatic N) is 2. The van der Waals surface area contributed by atoms with E-state index in [1.54, 1.807) is 0 Å². The molecule has 0 unspecified atom stereocenters. The molecule has 2 N–H and O–H groups in total. The molecule has 5 nitrogen and oxygen atoms in total. The molecule has 0 fully saturated rings. The van der Waals surface area contributed by atoms with Crippen LogP contribution in [0.5, 0.6) is 5.75 Å². The van der Waals surface area contributed by atoms with E-state index in [0.29, 0.717) is 24.5 Å². The highest BCUT2D eigenvalue weighted by Gasteiger charge is 2.14. The van der Waals surface area contributed by atoms with Gasteiger partial charge < -0.3 is 19.7 Å². The Kier molecular flexibility index (Phi) is 5.37. The fourth-order valence-corrected chi connectivity index (χ4v) is 1.93. The van der Waals surface area contributed by atoms with E-state index in [-0.39, 0.29) is 12.4 Å². The summed E-state index contributed by atoms with van der Waals surface area (Å²) in [7, 11) is 3.75. The molecule has 0 aliphatic carbocycles. The molecule has 0 aliphatic rings. The van der Waals surface area contributed by atoms with Crippen molar-refractivity contribution in [2.75, 3.05) is 14.1 Å². The van der Waals surface area contributed by atoms with Crippen LogP contribution in [-0.4, -0.2) is 33.8 Å². The minimum Gasteiger partial charge on any atom is -0.503 e. The number of aliphatic hydroxyl groups is 1. The molecule has 0 saturated carbocycles. The predicted molar refractivity (Wildman–Crippen MR) is 70.6 cm³/mol. The summed E-state index contributed by atoms with van der Waals surface area (Å²) in [6.07, 6.45) is 1.95. The average molecular weight is 254 g/mol. The fourth-order valence-electron chi connectivity index (χ4n) is 1.93. The zero-order valence-electron chi connectivity index (χ0n) is 11.3. The van der Waals surface area contributed by atoms with Crippen LogP contribution in [0.2, 0.25) is 0 Å². The molecule has 1 aromatic heterocycles. The summed E-state index contributed by atoms with van der Waals surface area (Å²) in [6, 6.07) is 1.31. The first-order chi connectivity index (χ1) is 8.51. The lowest BCUT2D eigenvalue weighted by Gasteiger charge is -2.21. The Morgan fingerprint density at radius 3 is 2.56 bits per heavy atom. The number of aromatic nitrogens is 1. The second-order valence-corrected chi connectivity index (χ2v) is 4.70. The largest absolute Gasteiger partial charge is 0.503 e. The summed E-state index contributed by atoms with van der Waals surface area (Å²) in [6.45, 7) is 3.05. The van der Waals surface area contributed by atoms with Gasteiger partial charge in [0.05, 0.1) is 12.3 Å². The second-order valence-electron chi connectivity index (χ2n) is 4.70. The fraction of sp³-hybridized carbons (Fsp3) is 0.615. The third kappa shape index (κ3) is 3.34. The minimum absolute atomic E-state index is 0.195. The monoisotopic (exact) mass is 254 g/mol. The Morgan fingerprint density at radius 2 is 2.06 bits per heavy atom. The Hall–Kier alpha value is -1.33. The molecular formula is C13H22N2O3. The Balaban J connectivity index is 3.30. The van der Waals surface area contributed by atoms with Crippen molar-refractivity contribution in [2.24, 2.45) is 0 Å². The minimum atomic E-state index is -0.427. The van der Waals surface area contributed by atoms with Gasteiger partial charge in [-0.15, -0.1) is 0 Å². The van der Waals surface area contributed by atoms with Gasteiger partial charge >= 0.3 is 0 Å². The molecule has 0 radical (unpaired) electrons. The zero-order valence-corrected chi connectivity index (χ0v) is 11.3. The first kappa shape index (κ1) is 14.7. The zero-order chi connectivity index (χ0) is 13.7. The van der Waals surface area contributed by atoms with Crippen molar-refractivity contribution in [3.8, 4) is 5.75 Å². The third-order valence-corrected chi connectivity index (χ3v) is 2.84. The lowest BCUT2D eigenvalue weighted by Crippen LogP contribution is -2.23. The predicted octanol–water partition coefficient (Wildman–Crippen LogP) is 0.908. The highest BCUT2D eigenvalue weighted by Crippen LogP contribution is 2.17. The van der Waals surface area contributed by atoms with Crippen LogP contribution in [0.15, 0.2) is 10.9 Å². The first-order valence-corrected chi connectivity index (χ1v) is 6.21. The highest BCUT2D eigenvalue weighted by atomic mass is 16.3. The van der Waals surface area contributed by atoms with E-state index in [0.717, 1.165) is 12.8 Å². The van der Waals surface area contributed by atoms with E-state index >= 15 is 0 Å². The van der Waals surface area contributed by atoms with Crippen LogP contribution in [0, 0.1) is 0 Å². The van der Waals surface area contributed by atoms with E-state index in [1.807, 2.05) is 23.6 Å². The summed E-state index contributed by atoms with van der Waals surface area (Å²) >= 11 is 0. The number of pyridine rings is 1. The van der Waals surface area contributed by atoms with Crippen molar-refractivity contribution >= 4 is 0 Å². The summed E-state index contributed by atoms with van der Waals surface area (Å²) in [4.78, 5) is 13.5. The van der Waals surface area contributed by atoms with Gasteiger partial charge in [-0.25, -0.2) is 0 Å². The maximum absolute atomic E-state index is 11.6. The Bertz CT molecular complexity index is 452. The van der Waals surface area contributed by atoms with Gasteiger partial charge in [-0.05, 0) is 20.5 Å². The van der Waals surface area contributed by atoms with Gasteiger partial charge in [0, 0.05) is 24.8 Å². The van der Waals surface area contributed by atoms with E-state index in [2.05, 4.69) is 6.92 Å². The lowest BCUT2D eigenvalue weighted by molar-refractivity contribution is 0.264. The quantitative estimate of drug-likeness (QED) is 0.792. The van der Waals surface area contributed by atoms with Gasteiger partial charge in [0.1, 0.15) is 0 Å². The summed E-state index contributed by atoms with van der Waals surface area (Å²) in [5.41, 5.74) is 0.705. The van der Waals surface area contributed by atoms with Gasteiger partial charge in [-0.2, -0.15) is 0 Å². The van der Waals surface area contributed by atoms with Gasteiger partial charge in [0.2, 0.25) is 5.43 Å². The van der Waals surface area contributed by atoms with Gasteiger partial charge in [-0.3, -0.25) is 4.79 Å². The number of aliphatic hydroxyl groups excluding tert-OH is 1. The Morgan fingerprint density at radius 1 is 1.39 bits per heavy atom. The summed E-state index contributed by atoms with van der Waals surface area (Å²) in [5, 5.41) is 19.2. The molecule has 18 heavy (non-hydrogen) atoms. The van der Waals surface area contributed by atoms with Crippen molar-refractivity contribution < 1.29 is 10.2 Å². The van der Waals surface area contributed by atoms with Crippen molar-refractivity contribution in [3.63, 3.8) is 0 Å². The molecule has 0 amide bonds. The van der Waals surface area contributed by atoms with Crippen LogP contribution in [-0.2, 0) is 19.7 Å². The maximum atomic E-state index is 11.6. The molecular weight excluding hydrogens is 232 g/mol.